The van der Waals surface area contributed by atoms with Crippen LogP contribution in [0.3, 0.4) is 0 Å². The molecule has 1 aromatic carbocycles. The number of carbonyl (C=O) groups excluding carboxylic acids is 1. The maximum Gasteiger partial charge on any atom is 0.227 e. The van der Waals surface area contributed by atoms with Gasteiger partial charge in [0.2, 0.25) is 5.91 Å². The third-order valence-electron chi connectivity index (χ3n) is 3.78. The zero-order valence-corrected chi connectivity index (χ0v) is 14.0. The molecule has 2 aromatic rings. The fraction of sp³-hybridized carbons (Fsp3) is 0.375. The molecule has 1 aromatic heterocycles. The van der Waals surface area contributed by atoms with E-state index < -0.39 is 0 Å². The van der Waals surface area contributed by atoms with Crippen molar-refractivity contribution in [3.8, 4) is 0 Å². The fourth-order valence-electron chi connectivity index (χ4n) is 2.52. The molecule has 116 valence electrons. The molecule has 4 nitrogen and oxygen atoms in total. The number of halogens is 1. The number of aryl methyl sites for hydroxylation is 1. The van der Waals surface area contributed by atoms with Crippen molar-refractivity contribution >= 4 is 34.0 Å². The minimum Gasteiger partial charge on any atom is -0.345 e. The highest BCUT2D eigenvalue weighted by Gasteiger charge is 2.22. The molecule has 0 saturated carbocycles. The van der Waals surface area contributed by atoms with Crippen molar-refractivity contribution in [1.29, 1.82) is 0 Å². The van der Waals surface area contributed by atoms with Crippen molar-refractivity contribution < 1.29 is 4.79 Å². The first-order valence-corrected chi connectivity index (χ1v) is 8.57. The van der Waals surface area contributed by atoms with Crippen LogP contribution >= 0.6 is 22.9 Å². The number of nitrogens with zero attached hydrogens (tertiary/aromatic N) is 3. The van der Waals surface area contributed by atoms with Crippen LogP contribution in [-0.2, 0) is 11.2 Å². The molecule has 1 aliphatic heterocycles. The Morgan fingerprint density at radius 3 is 2.50 bits per heavy atom. The molecule has 3 rings (SSSR count). The van der Waals surface area contributed by atoms with Crippen molar-refractivity contribution in [2.75, 3.05) is 31.1 Å². The van der Waals surface area contributed by atoms with Gasteiger partial charge in [0.25, 0.3) is 0 Å². The van der Waals surface area contributed by atoms with Crippen LogP contribution in [0.2, 0.25) is 5.02 Å². The SMILES string of the molecule is Cc1csc(N2CCN(C(=O)Cc3ccc(Cl)cc3)CC2)n1. The number of thiazole rings is 1. The molecule has 0 radical (unpaired) electrons. The highest BCUT2D eigenvalue weighted by Crippen LogP contribution is 2.21. The van der Waals surface area contributed by atoms with Gasteiger partial charge in [0, 0.05) is 36.6 Å². The summed E-state index contributed by atoms with van der Waals surface area (Å²) >= 11 is 7.54. The average Bonchev–Trinajstić information content (AvgIpc) is 2.96. The Kier molecular flexibility index (Phi) is 4.64. The molecule has 0 spiro atoms. The Morgan fingerprint density at radius 1 is 1.23 bits per heavy atom. The van der Waals surface area contributed by atoms with Crippen LogP contribution < -0.4 is 4.90 Å². The molecule has 0 bridgehead atoms. The number of benzene rings is 1. The van der Waals surface area contributed by atoms with Gasteiger partial charge in [-0.15, -0.1) is 11.3 Å². The standard InChI is InChI=1S/C16H18ClN3OS/c1-12-11-22-16(18-12)20-8-6-19(7-9-20)15(21)10-13-2-4-14(17)5-3-13/h2-5,11H,6-10H2,1H3. The first-order valence-electron chi connectivity index (χ1n) is 7.31. The van der Waals surface area contributed by atoms with Gasteiger partial charge in [0.05, 0.1) is 12.1 Å². The van der Waals surface area contributed by atoms with Crippen LogP contribution in [0.25, 0.3) is 0 Å². The van der Waals surface area contributed by atoms with Crippen LogP contribution in [0, 0.1) is 6.92 Å². The molecular weight excluding hydrogens is 318 g/mol. The number of amides is 1. The lowest BCUT2D eigenvalue weighted by molar-refractivity contribution is -0.130. The number of hydrogen-bond donors (Lipinski definition) is 0. The first kappa shape index (κ1) is 15.3. The van der Waals surface area contributed by atoms with Crippen molar-refractivity contribution in [1.82, 2.24) is 9.88 Å². The minimum atomic E-state index is 0.178. The second-order valence-corrected chi connectivity index (χ2v) is 6.72. The van der Waals surface area contributed by atoms with E-state index in [0.717, 1.165) is 42.6 Å². The van der Waals surface area contributed by atoms with E-state index in [1.807, 2.05) is 36.1 Å². The van der Waals surface area contributed by atoms with Crippen LogP contribution in [0.4, 0.5) is 5.13 Å². The third kappa shape index (κ3) is 3.59. The van der Waals surface area contributed by atoms with Gasteiger partial charge in [-0.1, -0.05) is 23.7 Å². The van der Waals surface area contributed by atoms with E-state index >= 15 is 0 Å². The maximum atomic E-state index is 12.4. The summed E-state index contributed by atoms with van der Waals surface area (Å²) in [5.41, 5.74) is 2.06. The largest absolute Gasteiger partial charge is 0.345 e. The highest BCUT2D eigenvalue weighted by atomic mass is 35.5. The summed E-state index contributed by atoms with van der Waals surface area (Å²) in [4.78, 5) is 21.1. The summed E-state index contributed by atoms with van der Waals surface area (Å²) in [6, 6.07) is 7.48. The smallest absolute Gasteiger partial charge is 0.227 e. The van der Waals surface area contributed by atoms with E-state index in [9.17, 15) is 4.79 Å². The Balaban J connectivity index is 1.54. The predicted octanol–water partition coefficient (Wildman–Crippen LogP) is 3.00. The summed E-state index contributed by atoms with van der Waals surface area (Å²) in [5, 5.41) is 3.82. The van der Waals surface area contributed by atoms with Crippen LogP contribution in [0.5, 0.6) is 0 Å². The minimum absolute atomic E-state index is 0.178. The third-order valence-corrected chi connectivity index (χ3v) is 5.05. The number of carbonyl (C=O) groups is 1. The topological polar surface area (TPSA) is 36.4 Å². The molecule has 22 heavy (non-hydrogen) atoms. The van der Waals surface area contributed by atoms with Gasteiger partial charge < -0.3 is 9.80 Å². The molecule has 6 heteroatoms. The molecule has 0 unspecified atom stereocenters. The molecule has 0 aliphatic carbocycles. The highest BCUT2D eigenvalue weighted by molar-refractivity contribution is 7.13. The second-order valence-electron chi connectivity index (χ2n) is 5.44. The number of anilines is 1. The fourth-order valence-corrected chi connectivity index (χ4v) is 3.51. The van der Waals surface area contributed by atoms with Crippen molar-refractivity contribution in [3.05, 3.63) is 45.9 Å². The molecule has 1 saturated heterocycles. The van der Waals surface area contributed by atoms with Gasteiger partial charge >= 0.3 is 0 Å². The van der Waals surface area contributed by atoms with Crippen LogP contribution in [0.1, 0.15) is 11.3 Å². The zero-order chi connectivity index (χ0) is 15.5. The van der Waals surface area contributed by atoms with Crippen molar-refractivity contribution in [3.63, 3.8) is 0 Å². The van der Waals surface area contributed by atoms with Gasteiger partial charge in [-0.3, -0.25) is 4.79 Å². The average molecular weight is 336 g/mol. The number of piperazine rings is 1. The first-order chi connectivity index (χ1) is 10.6. The molecule has 2 heterocycles. The number of hydrogen-bond acceptors (Lipinski definition) is 4. The van der Waals surface area contributed by atoms with E-state index in [0.29, 0.717) is 11.4 Å². The summed E-state index contributed by atoms with van der Waals surface area (Å²) < 4.78 is 0. The number of aromatic nitrogens is 1. The van der Waals surface area contributed by atoms with Gasteiger partial charge in [-0.05, 0) is 24.6 Å². The van der Waals surface area contributed by atoms with E-state index in [2.05, 4.69) is 15.3 Å². The maximum absolute atomic E-state index is 12.4. The lowest BCUT2D eigenvalue weighted by Gasteiger charge is -2.34. The summed E-state index contributed by atoms with van der Waals surface area (Å²) in [6.45, 7) is 5.21. The second kappa shape index (κ2) is 6.67. The monoisotopic (exact) mass is 335 g/mol. The Morgan fingerprint density at radius 2 is 1.91 bits per heavy atom. The van der Waals surface area contributed by atoms with E-state index in [4.69, 9.17) is 11.6 Å². The van der Waals surface area contributed by atoms with E-state index in [-0.39, 0.29) is 5.91 Å². The molecular formula is C16H18ClN3OS. The van der Waals surface area contributed by atoms with E-state index in [1.54, 1.807) is 11.3 Å². The quantitative estimate of drug-likeness (QED) is 0.865. The Labute approximate surface area is 139 Å². The summed E-state index contributed by atoms with van der Waals surface area (Å²) in [5.74, 6) is 0.178. The zero-order valence-electron chi connectivity index (χ0n) is 12.5. The van der Waals surface area contributed by atoms with Gasteiger partial charge in [0.15, 0.2) is 5.13 Å². The van der Waals surface area contributed by atoms with Crippen LogP contribution in [-0.4, -0.2) is 42.0 Å². The normalized spacial score (nSPS) is 15.2. The predicted molar refractivity (Wildman–Crippen MR) is 90.8 cm³/mol. The molecule has 0 N–H and O–H groups in total. The van der Waals surface area contributed by atoms with Crippen LogP contribution in [0.15, 0.2) is 29.6 Å². The van der Waals surface area contributed by atoms with Crippen molar-refractivity contribution in [2.24, 2.45) is 0 Å². The van der Waals surface area contributed by atoms with Crippen molar-refractivity contribution in [2.45, 2.75) is 13.3 Å². The van der Waals surface area contributed by atoms with E-state index in [1.165, 1.54) is 0 Å². The summed E-state index contributed by atoms with van der Waals surface area (Å²) in [7, 11) is 0. The van der Waals surface area contributed by atoms with Gasteiger partial charge in [-0.2, -0.15) is 0 Å². The summed E-state index contributed by atoms with van der Waals surface area (Å²) in [6.07, 6.45) is 0.438. The molecule has 1 fully saturated rings. The lowest BCUT2D eigenvalue weighted by Crippen LogP contribution is -2.49. The lowest BCUT2D eigenvalue weighted by atomic mass is 10.1. The molecule has 1 amide bonds. The van der Waals surface area contributed by atoms with Gasteiger partial charge in [-0.25, -0.2) is 4.98 Å². The molecule has 1 aliphatic rings. The molecule has 0 atom stereocenters. The Hall–Kier alpha value is -1.59. The van der Waals surface area contributed by atoms with Gasteiger partial charge in [0.1, 0.15) is 0 Å². The Bertz CT molecular complexity index is 648. The number of rotatable bonds is 3.